The van der Waals surface area contributed by atoms with Gasteiger partial charge in [-0.25, -0.2) is 4.79 Å². The van der Waals surface area contributed by atoms with Gasteiger partial charge in [-0.2, -0.15) is 0 Å². The lowest BCUT2D eigenvalue weighted by molar-refractivity contribution is -0.384. The van der Waals surface area contributed by atoms with Gasteiger partial charge in [-0.15, -0.1) is 0 Å². The number of carbonyl (C=O) groups excluding carboxylic acids is 1. The number of nitro benzene ring substituents is 1. The van der Waals surface area contributed by atoms with E-state index in [2.05, 4.69) is 19.2 Å². The average Bonchev–Trinajstić information content (AvgIpc) is 2.91. The molecule has 1 aromatic rings. The van der Waals surface area contributed by atoms with Crippen LogP contribution in [0.25, 0.3) is 0 Å². The highest BCUT2D eigenvalue weighted by molar-refractivity contribution is 5.75. The fraction of sp³-hybridized carbons (Fsp3) is 0.562. The molecule has 7 heteroatoms. The Morgan fingerprint density at radius 1 is 1.43 bits per heavy atom. The Hall–Kier alpha value is -2.31. The molecule has 2 aliphatic rings. The molecule has 1 aliphatic carbocycles. The molecule has 1 N–H and O–H groups in total. The summed E-state index contributed by atoms with van der Waals surface area (Å²) in [4.78, 5) is 24.5. The molecule has 2 fully saturated rings. The van der Waals surface area contributed by atoms with Crippen molar-refractivity contribution in [3.8, 4) is 5.75 Å². The van der Waals surface area contributed by atoms with Crippen LogP contribution in [0.4, 0.5) is 10.5 Å². The summed E-state index contributed by atoms with van der Waals surface area (Å²) >= 11 is 0. The molecule has 1 saturated heterocycles. The molecule has 1 aliphatic heterocycles. The van der Waals surface area contributed by atoms with E-state index in [1.165, 1.54) is 19.2 Å². The van der Waals surface area contributed by atoms with Gasteiger partial charge in [0.05, 0.1) is 12.0 Å². The molecule has 1 saturated carbocycles. The van der Waals surface area contributed by atoms with E-state index in [0.29, 0.717) is 28.6 Å². The number of urea groups is 1. The summed E-state index contributed by atoms with van der Waals surface area (Å²) in [7, 11) is 1.50. The van der Waals surface area contributed by atoms with E-state index < -0.39 is 4.92 Å². The number of hydrogen-bond acceptors (Lipinski definition) is 4. The topological polar surface area (TPSA) is 84.7 Å². The Morgan fingerprint density at radius 3 is 2.65 bits per heavy atom. The summed E-state index contributed by atoms with van der Waals surface area (Å²) < 4.78 is 5.20. The van der Waals surface area contributed by atoms with Crippen molar-refractivity contribution in [3.63, 3.8) is 0 Å². The standard InChI is InChI=1S/C16H21N3O4/c1-16(2)12-8-18(9-13(12)16)15(20)17-7-10-6-11(19(21)22)4-5-14(10)23-3/h4-6,12-13H,7-9H2,1-3H3,(H,17,20)/t12-,13-/m0/s1. The first-order valence-electron chi connectivity index (χ1n) is 7.68. The first kappa shape index (κ1) is 15.6. The molecule has 0 spiro atoms. The zero-order valence-corrected chi connectivity index (χ0v) is 13.5. The lowest BCUT2D eigenvalue weighted by atomic mass is 10.1. The highest BCUT2D eigenvalue weighted by atomic mass is 16.6. The molecule has 7 nitrogen and oxygen atoms in total. The lowest BCUT2D eigenvalue weighted by Crippen LogP contribution is -2.40. The summed E-state index contributed by atoms with van der Waals surface area (Å²) in [6.07, 6.45) is 0. The zero-order chi connectivity index (χ0) is 16.8. The van der Waals surface area contributed by atoms with Crippen molar-refractivity contribution >= 4 is 11.7 Å². The fourth-order valence-corrected chi connectivity index (χ4v) is 3.60. The van der Waals surface area contributed by atoms with Crippen molar-refractivity contribution in [1.82, 2.24) is 10.2 Å². The molecule has 1 heterocycles. The minimum absolute atomic E-state index is 0.0146. The Bertz CT molecular complexity index is 645. The minimum Gasteiger partial charge on any atom is -0.496 e. The molecule has 0 aromatic heterocycles. The monoisotopic (exact) mass is 319 g/mol. The second-order valence-corrected chi connectivity index (χ2v) is 6.85. The number of carbonyl (C=O) groups is 1. The van der Waals surface area contributed by atoms with Crippen molar-refractivity contribution in [2.45, 2.75) is 20.4 Å². The second-order valence-electron chi connectivity index (χ2n) is 6.85. The van der Waals surface area contributed by atoms with Crippen molar-refractivity contribution in [3.05, 3.63) is 33.9 Å². The molecule has 1 aromatic carbocycles. The number of fused-ring (bicyclic) bond motifs is 1. The molecule has 2 amide bonds. The third kappa shape index (κ3) is 2.71. The van der Waals surface area contributed by atoms with E-state index in [-0.39, 0.29) is 18.3 Å². The van der Waals surface area contributed by atoms with E-state index in [1.807, 2.05) is 4.90 Å². The van der Waals surface area contributed by atoms with Crippen LogP contribution < -0.4 is 10.1 Å². The van der Waals surface area contributed by atoms with Crippen LogP contribution in [0.2, 0.25) is 0 Å². The summed E-state index contributed by atoms with van der Waals surface area (Å²) in [5.41, 5.74) is 0.944. The van der Waals surface area contributed by atoms with E-state index in [0.717, 1.165) is 13.1 Å². The summed E-state index contributed by atoms with van der Waals surface area (Å²) in [6.45, 7) is 6.27. The average molecular weight is 319 g/mol. The number of likely N-dealkylation sites (tertiary alicyclic amines) is 1. The molecular weight excluding hydrogens is 298 g/mol. The Labute approximate surface area is 134 Å². The molecule has 0 unspecified atom stereocenters. The number of nitrogens with one attached hydrogen (secondary N) is 1. The van der Waals surface area contributed by atoms with E-state index in [1.54, 1.807) is 6.07 Å². The second kappa shape index (κ2) is 5.40. The Balaban J connectivity index is 1.61. The zero-order valence-electron chi connectivity index (χ0n) is 13.5. The highest BCUT2D eigenvalue weighted by Gasteiger charge is 2.62. The number of nitro groups is 1. The van der Waals surface area contributed by atoms with Gasteiger partial charge >= 0.3 is 6.03 Å². The smallest absolute Gasteiger partial charge is 0.317 e. The molecule has 124 valence electrons. The SMILES string of the molecule is COc1ccc([N+](=O)[O-])cc1CNC(=O)N1C[C@H]2[C@H](C1)C2(C)C. The van der Waals surface area contributed by atoms with Gasteiger partial charge in [-0.05, 0) is 23.3 Å². The normalized spacial score (nSPS) is 24.0. The number of ether oxygens (including phenoxy) is 1. The summed E-state index contributed by atoms with van der Waals surface area (Å²) in [5, 5.41) is 13.7. The highest BCUT2D eigenvalue weighted by Crippen LogP contribution is 2.61. The van der Waals surface area contributed by atoms with E-state index in [9.17, 15) is 14.9 Å². The largest absolute Gasteiger partial charge is 0.496 e. The number of hydrogen-bond donors (Lipinski definition) is 1. The maximum absolute atomic E-state index is 12.3. The minimum atomic E-state index is -0.458. The van der Waals surface area contributed by atoms with Gasteiger partial charge in [0.25, 0.3) is 5.69 Å². The van der Waals surface area contributed by atoms with Crippen molar-refractivity contribution in [1.29, 1.82) is 0 Å². The number of non-ortho nitro benzene ring substituents is 1. The molecule has 0 bridgehead atoms. The number of benzene rings is 1. The van der Waals surface area contributed by atoms with Crippen molar-refractivity contribution in [2.75, 3.05) is 20.2 Å². The fourth-order valence-electron chi connectivity index (χ4n) is 3.60. The summed E-state index contributed by atoms with van der Waals surface area (Å²) in [6, 6.07) is 4.25. The summed E-state index contributed by atoms with van der Waals surface area (Å²) in [5.74, 6) is 1.72. The first-order valence-corrected chi connectivity index (χ1v) is 7.68. The predicted molar refractivity (Wildman–Crippen MR) is 84.2 cm³/mol. The van der Waals surface area contributed by atoms with Crippen LogP contribution in [0.1, 0.15) is 19.4 Å². The van der Waals surface area contributed by atoms with Crippen LogP contribution in [0, 0.1) is 27.4 Å². The number of rotatable bonds is 4. The maximum atomic E-state index is 12.3. The van der Waals surface area contributed by atoms with Gasteiger partial charge < -0.3 is 15.0 Å². The maximum Gasteiger partial charge on any atom is 0.317 e. The molecule has 2 atom stereocenters. The number of nitrogens with zero attached hydrogens (tertiary/aromatic N) is 2. The quantitative estimate of drug-likeness (QED) is 0.682. The van der Waals surface area contributed by atoms with Gasteiger partial charge in [0.2, 0.25) is 0 Å². The van der Waals surface area contributed by atoms with Gasteiger partial charge in [0.15, 0.2) is 0 Å². The Kier molecular flexibility index (Phi) is 3.66. The number of piperidine rings is 1. The predicted octanol–water partition coefficient (Wildman–Crippen LogP) is 2.40. The third-order valence-electron chi connectivity index (χ3n) is 5.31. The van der Waals surface area contributed by atoms with E-state index in [4.69, 9.17) is 4.74 Å². The molecule has 0 radical (unpaired) electrons. The van der Waals surface area contributed by atoms with E-state index >= 15 is 0 Å². The van der Waals surface area contributed by atoms with Gasteiger partial charge in [0, 0.05) is 37.3 Å². The molecule has 23 heavy (non-hydrogen) atoms. The molecular formula is C16H21N3O4. The van der Waals surface area contributed by atoms with Crippen LogP contribution in [0.3, 0.4) is 0 Å². The molecule has 3 rings (SSSR count). The van der Waals surface area contributed by atoms with Gasteiger partial charge in [-0.1, -0.05) is 13.8 Å². The van der Waals surface area contributed by atoms with Gasteiger partial charge in [0.1, 0.15) is 5.75 Å². The van der Waals surface area contributed by atoms with Crippen LogP contribution in [-0.2, 0) is 6.54 Å². The van der Waals surface area contributed by atoms with Crippen molar-refractivity contribution in [2.24, 2.45) is 17.3 Å². The third-order valence-corrected chi connectivity index (χ3v) is 5.31. The number of methoxy groups -OCH3 is 1. The van der Waals surface area contributed by atoms with Gasteiger partial charge in [-0.3, -0.25) is 10.1 Å². The van der Waals surface area contributed by atoms with Crippen molar-refractivity contribution < 1.29 is 14.5 Å². The van der Waals surface area contributed by atoms with Crippen LogP contribution in [0.5, 0.6) is 5.75 Å². The Morgan fingerprint density at radius 2 is 2.09 bits per heavy atom. The van der Waals surface area contributed by atoms with Crippen LogP contribution in [0.15, 0.2) is 18.2 Å². The van der Waals surface area contributed by atoms with Crippen LogP contribution in [-0.4, -0.2) is 36.1 Å². The van der Waals surface area contributed by atoms with Crippen LogP contribution >= 0.6 is 0 Å². The lowest BCUT2D eigenvalue weighted by Gasteiger charge is -2.22. The first-order chi connectivity index (χ1) is 10.8. The number of amides is 2.